The molecule has 0 fully saturated rings. The van der Waals surface area contributed by atoms with Gasteiger partial charge in [0, 0.05) is 41.6 Å². The third kappa shape index (κ3) is 3.20. The number of aromatic nitrogens is 1. The number of anilines is 1. The summed E-state index contributed by atoms with van der Waals surface area (Å²) in [7, 11) is 0. The van der Waals surface area contributed by atoms with Gasteiger partial charge in [-0.25, -0.2) is 0 Å². The zero-order valence-corrected chi connectivity index (χ0v) is 15.2. The van der Waals surface area contributed by atoms with Gasteiger partial charge < -0.3 is 15.2 Å². The van der Waals surface area contributed by atoms with E-state index in [9.17, 15) is 4.79 Å². The molecule has 4 rings (SSSR count). The fourth-order valence-corrected chi connectivity index (χ4v) is 3.78. The first kappa shape index (κ1) is 16.3. The highest BCUT2D eigenvalue weighted by atomic mass is 35.5. The number of H-pyrrole nitrogens is 1. The molecule has 0 spiro atoms. The van der Waals surface area contributed by atoms with E-state index in [0.717, 1.165) is 45.4 Å². The zero-order valence-electron chi connectivity index (χ0n) is 13.7. The number of rotatable bonds is 3. The van der Waals surface area contributed by atoms with Crippen LogP contribution in [-0.4, -0.2) is 10.9 Å². The van der Waals surface area contributed by atoms with Crippen molar-refractivity contribution in [2.45, 2.75) is 26.6 Å². The lowest BCUT2D eigenvalue weighted by Crippen LogP contribution is -2.18. The first-order valence-corrected chi connectivity index (χ1v) is 8.83. The monoisotopic (exact) mass is 373 g/mol. The van der Waals surface area contributed by atoms with Crippen LogP contribution in [0.4, 0.5) is 5.69 Å². The Hall–Kier alpha value is -2.17. The van der Waals surface area contributed by atoms with Crippen LogP contribution in [0.15, 0.2) is 36.4 Å². The van der Waals surface area contributed by atoms with Crippen LogP contribution in [0.25, 0.3) is 10.9 Å². The Morgan fingerprint density at radius 1 is 1.16 bits per heavy atom. The van der Waals surface area contributed by atoms with Crippen molar-refractivity contribution >= 4 is 45.7 Å². The molecule has 1 aromatic heterocycles. The number of amides is 1. The molecule has 2 aromatic carbocycles. The number of halogens is 2. The highest BCUT2D eigenvalue weighted by Gasteiger charge is 2.22. The molecule has 0 atom stereocenters. The predicted octanol–water partition coefficient (Wildman–Crippen LogP) is 4.63. The maximum atomic E-state index is 11.1. The molecule has 2 N–H and O–H groups in total. The number of fused-ring (bicyclic) bond motifs is 2. The van der Waals surface area contributed by atoms with Crippen LogP contribution in [0.1, 0.15) is 23.7 Å². The third-order valence-electron chi connectivity index (χ3n) is 4.50. The minimum atomic E-state index is -0.0501. The Morgan fingerprint density at radius 2 is 1.96 bits per heavy atom. The van der Waals surface area contributed by atoms with E-state index in [4.69, 9.17) is 23.2 Å². The number of carbonyl (C=O) groups is 1. The first-order chi connectivity index (χ1) is 12.0. The van der Waals surface area contributed by atoms with Gasteiger partial charge in [0.25, 0.3) is 0 Å². The highest BCUT2D eigenvalue weighted by molar-refractivity contribution is 6.34. The fourth-order valence-electron chi connectivity index (χ4n) is 3.29. The molecular weight excluding hydrogens is 357 g/mol. The van der Waals surface area contributed by atoms with E-state index >= 15 is 0 Å². The molecule has 6 heteroatoms. The topological polar surface area (TPSA) is 48.1 Å². The molecule has 0 aliphatic carbocycles. The van der Waals surface area contributed by atoms with Crippen LogP contribution in [0.2, 0.25) is 10.0 Å². The molecule has 0 saturated carbocycles. The Balaban J connectivity index is 1.64. The smallest absolute Gasteiger partial charge is 0.217 e. The van der Waals surface area contributed by atoms with E-state index in [1.165, 1.54) is 18.1 Å². The van der Waals surface area contributed by atoms with Crippen molar-refractivity contribution < 1.29 is 4.79 Å². The summed E-state index contributed by atoms with van der Waals surface area (Å²) in [6.45, 7) is 3.59. The molecule has 0 saturated heterocycles. The van der Waals surface area contributed by atoms with Gasteiger partial charge in [-0.1, -0.05) is 29.3 Å². The second kappa shape index (κ2) is 6.28. The molecular formula is C19H17Cl2N3O. The van der Waals surface area contributed by atoms with Gasteiger partial charge in [-0.15, -0.1) is 0 Å². The lowest BCUT2D eigenvalue weighted by atomic mass is 10.1. The number of nitrogens with one attached hydrogen (secondary N) is 2. The Morgan fingerprint density at radius 3 is 2.76 bits per heavy atom. The zero-order chi connectivity index (χ0) is 17.6. The van der Waals surface area contributed by atoms with Crippen molar-refractivity contribution in [3.8, 4) is 0 Å². The summed E-state index contributed by atoms with van der Waals surface area (Å²) in [4.78, 5) is 16.7. The van der Waals surface area contributed by atoms with Gasteiger partial charge in [-0.3, -0.25) is 4.79 Å². The number of carbonyl (C=O) groups excluding carboxylic acids is 1. The molecule has 1 aliphatic rings. The molecule has 128 valence electrons. The molecule has 1 aliphatic heterocycles. The summed E-state index contributed by atoms with van der Waals surface area (Å²) < 4.78 is 0. The Labute approximate surface area is 155 Å². The molecule has 2 heterocycles. The maximum Gasteiger partial charge on any atom is 0.217 e. The lowest BCUT2D eigenvalue weighted by Gasteiger charge is -2.19. The number of benzene rings is 2. The van der Waals surface area contributed by atoms with Crippen LogP contribution in [0, 0.1) is 0 Å². The standard InChI is InChI=1S/C19H17Cl2N3O/c1-11(25)22-8-16-5-13-6-17(21)19(7-18(13)23-16)24-9-12-2-3-15(20)4-14(12)10-24/h2-7,23H,8-10H2,1H3,(H,22,25). The van der Waals surface area contributed by atoms with Crippen molar-refractivity contribution in [1.29, 1.82) is 0 Å². The van der Waals surface area contributed by atoms with Crippen molar-refractivity contribution in [3.63, 3.8) is 0 Å². The van der Waals surface area contributed by atoms with Crippen molar-refractivity contribution in [1.82, 2.24) is 10.3 Å². The normalized spacial score (nSPS) is 13.3. The van der Waals surface area contributed by atoms with Gasteiger partial charge in [0.2, 0.25) is 5.91 Å². The van der Waals surface area contributed by atoms with Gasteiger partial charge in [0.1, 0.15) is 0 Å². The van der Waals surface area contributed by atoms with Crippen LogP contribution >= 0.6 is 23.2 Å². The van der Waals surface area contributed by atoms with Gasteiger partial charge in [0.15, 0.2) is 0 Å². The van der Waals surface area contributed by atoms with Crippen molar-refractivity contribution in [3.05, 3.63) is 63.3 Å². The average Bonchev–Trinajstić information content (AvgIpc) is 3.14. The van der Waals surface area contributed by atoms with Crippen LogP contribution in [0.3, 0.4) is 0 Å². The average molecular weight is 374 g/mol. The van der Waals surface area contributed by atoms with Crippen LogP contribution < -0.4 is 10.2 Å². The minimum absolute atomic E-state index is 0.0501. The summed E-state index contributed by atoms with van der Waals surface area (Å²) >= 11 is 12.6. The quantitative estimate of drug-likeness (QED) is 0.702. The molecule has 1 amide bonds. The maximum absolute atomic E-state index is 11.1. The number of nitrogens with zero attached hydrogens (tertiary/aromatic N) is 1. The lowest BCUT2D eigenvalue weighted by molar-refractivity contribution is -0.119. The van der Waals surface area contributed by atoms with E-state index < -0.39 is 0 Å². The summed E-state index contributed by atoms with van der Waals surface area (Å²) in [5, 5.41) is 5.31. The van der Waals surface area contributed by atoms with Gasteiger partial charge in [-0.2, -0.15) is 0 Å². The second-order valence-electron chi connectivity index (χ2n) is 6.36. The van der Waals surface area contributed by atoms with E-state index in [1.807, 2.05) is 24.3 Å². The number of hydrogen-bond acceptors (Lipinski definition) is 2. The minimum Gasteiger partial charge on any atom is -0.362 e. The van der Waals surface area contributed by atoms with Crippen molar-refractivity contribution in [2.75, 3.05) is 4.90 Å². The van der Waals surface area contributed by atoms with Gasteiger partial charge in [0.05, 0.1) is 17.3 Å². The summed E-state index contributed by atoms with van der Waals surface area (Å²) in [6, 6.07) is 12.1. The number of aromatic amines is 1. The largest absolute Gasteiger partial charge is 0.362 e. The van der Waals surface area contributed by atoms with E-state index in [0.29, 0.717) is 6.54 Å². The van der Waals surface area contributed by atoms with Crippen LogP contribution in [0.5, 0.6) is 0 Å². The molecule has 4 nitrogen and oxygen atoms in total. The third-order valence-corrected chi connectivity index (χ3v) is 5.04. The van der Waals surface area contributed by atoms with E-state index in [-0.39, 0.29) is 5.91 Å². The van der Waals surface area contributed by atoms with Crippen molar-refractivity contribution in [2.24, 2.45) is 0 Å². The highest BCUT2D eigenvalue weighted by Crippen LogP contribution is 2.36. The molecule has 25 heavy (non-hydrogen) atoms. The van der Waals surface area contributed by atoms with Crippen LogP contribution in [-0.2, 0) is 24.4 Å². The fraction of sp³-hybridized carbons (Fsp3) is 0.211. The molecule has 0 unspecified atom stereocenters. The van der Waals surface area contributed by atoms with Gasteiger partial charge in [-0.05, 0) is 41.5 Å². The SMILES string of the molecule is CC(=O)NCc1cc2cc(Cl)c(N3Cc4ccc(Cl)cc4C3)cc2[nH]1. The predicted molar refractivity (Wildman–Crippen MR) is 102 cm³/mol. The molecule has 3 aromatic rings. The second-order valence-corrected chi connectivity index (χ2v) is 7.21. The molecule has 0 radical (unpaired) electrons. The summed E-state index contributed by atoms with van der Waals surface area (Å²) in [5.74, 6) is -0.0501. The molecule has 0 bridgehead atoms. The summed E-state index contributed by atoms with van der Waals surface area (Å²) in [6.07, 6.45) is 0. The first-order valence-electron chi connectivity index (χ1n) is 8.07. The Kier molecular flexibility index (Phi) is 4.10. The number of hydrogen-bond donors (Lipinski definition) is 2. The summed E-state index contributed by atoms with van der Waals surface area (Å²) in [5.41, 5.74) is 5.47. The van der Waals surface area contributed by atoms with E-state index in [2.05, 4.69) is 27.3 Å². The van der Waals surface area contributed by atoms with E-state index in [1.54, 1.807) is 0 Å². The Bertz CT molecular complexity index is 980. The van der Waals surface area contributed by atoms with Gasteiger partial charge >= 0.3 is 0 Å².